The third-order valence-electron chi connectivity index (χ3n) is 13.9. The van der Waals surface area contributed by atoms with Gasteiger partial charge in [0.2, 0.25) is 0 Å². The van der Waals surface area contributed by atoms with Crippen molar-refractivity contribution in [3.8, 4) is 0 Å². The van der Waals surface area contributed by atoms with Crippen LogP contribution in [0.25, 0.3) is 0 Å². The van der Waals surface area contributed by atoms with Crippen LogP contribution >= 0.6 is 7.82 Å². The second-order valence-corrected chi connectivity index (χ2v) is 22.7. The number of aliphatic hydroxyl groups excluding tert-OH is 1. The van der Waals surface area contributed by atoms with E-state index >= 15 is 0 Å². The summed E-state index contributed by atoms with van der Waals surface area (Å²) in [4.78, 5) is 48.6. The van der Waals surface area contributed by atoms with Crippen molar-refractivity contribution >= 4 is 25.7 Å². The highest BCUT2D eigenvalue weighted by molar-refractivity contribution is 7.47. The third-order valence-corrected chi connectivity index (χ3v) is 14.8. The van der Waals surface area contributed by atoms with Crippen molar-refractivity contribution in [2.75, 3.05) is 26.4 Å². The van der Waals surface area contributed by atoms with Gasteiger partial charge >= 0.3 is 25.7 Å². The van der Waals surface area contributed by atoms with E-state index < -0.39 is 57.8 Å². The van der Waals surface area contributed by atoms with Gasteiger partial charge in [-0.2, -0.15) is 0 Å². The van der Waals surface area contributed by atoms with E-state index in [2.05, 4.69) is 45.1 Å². The molecule has 0 saturated heterocycles. The number of hydrogen-bond acceptors (Lipinski definition) is 10. The minimum absolute atomic E-state index is 0.169. The molecule has 0 rings (SSSR count). The van der Waals surface area contributed by atoms with E-state index in [1.165, 1.54) is 186 Å². The first kappa shape index (κ1) is 72.0. The van der Waals surface area contributed by atoms with E-state index in [1.54, 1.807) is 0 Å². The summed E-state index contributed by atoms with van der Waals surface area (Å²) in [6.45, 7) is 4.68. The molecule has 0 fully saturated rings. The van der Waals surface area contributed by atoms with Crippen molar-refractivity contribution in [3.63, 3.8) is 0 Å². The minimum atomic E-state index is -4.74. The van der Waals surface area contributed by atoms with Gasteiger partial charge in [0.15, 0.2) is 6.10 Å². The van der Waals surface area contributed by atoms with Crippen LogP contribution in [0.2, 0.25) is 0 Å². The molecule has 12 heteroatoms. The molecule has 436 valence electrons. The van der Waals surface area contributed by atoms with Crippen molar-refractivity contribution in [1.29, 1.82) is 0 Å². The van der Waals surface area contributed by atoms with Gasteiger partial charge in [-0.3, -0.25) is 23.4 Å². The molecule has 0 aromatic carbocycles. The van der Waals surface area contributed by atoms with E-state index in [4.69, 9.17) is 23.3 Å². The maximum Gasteiger partial charge on any atom is 0.472 e. The number of rotatable bonds is 59. The average Bonchev–Trinajstić information content (AvgIpc) is 3.39. The van der Waals surface area contributed by atoms with Crippen LogP contribution in [0.3, 0.4) is 0 Å². The maximum atomic E-state index is 12.9. The van der Waals surface area contributed by atoms with Gasteiger partial charge < -0.3 is 24.2 Å². The Morgan fingerprint density at radius 1 is 0.378 bits per heavy atom. The number of phosphoric acid groups is 1. The van der Waals surface area contributed by atoms with E-state index in [0.717, 1.165) is 70.6 Å². The number of unbranched alkanes of at least 4 members (excludes halogenated alkanes) is 38. The largest absolute Gasteiger partial charge is 0.472 e. The fourth-order valence-corrected chi connectivity index (χ4v) is 9.88. The number of ether oxygens (including phenoxy) is 3. The molecule has 0 aliphatic rings. The number of carbonyl (C=O) groups is 3. The molecule has 74 heavy (non-hydrogen) atoms. The molecule has 0 heterocycles. The molecule has 3 atom stereocenters. The maximum absolute atomic E-state index is 12.9. The monoisotopic (exact) mass is 1070 g/mol. The summed E-state index contributed by atoms with van der Waals surface area (Å²) in [5.41, 5.74) is 0. The molecule has 0 aliphatic heterocycles. The second kappa shape index (κ2) is 57.1. The van der Waals surface area contributed by atoms with Crippen molar-refractivity contribution in [1.82, 2.24) is 0 Å². The number of phosphoric ester groups is 1. The predicted molar refractivity (Wildman–Crippen MR) is 307 cm³/mol. The number of esters is 3. The number of aliphatic hydroxyl groups is 1. The topological polar surface area (TPSA) is 155 Å². The molecule has 0 aliphatic carbocycles. The van der Waals surface area contributed by atoms with E-state index in [1.807, 2.05) is 0 Å². The standard InChI is InChI=1S/C62H117O11P/c1-4-7-10-13-16-19-22-24-26-28-29-31-33-35-38-41-44-47-50-53-62(66)73-59(55-69-60(64)51-48-45-42-39-37-34-32-30-27-25-23-20-17-14-11-8-5-2)57-71-74(67,68)70-56-58(54-63)72-61(65)52-49-46-43-40-36-21-18-15-12-9-6-3/h16,19,24,26,58-59,63H,4-15,17-18,20-23,25,27-57H2,1-3H3,(H,67,68)/b19-16-,26-24-. The predicted octanol–water partition coefficient (Wildman–Crippen LogP) is 18.6. The molecule has 0 radical (unpaired) electrons. The highest BCUT2D eigenvalue weighted by Crippen LogP contribution is 2.43. The zero-order chi connectivity index (χ0) is 54.1. The highest BCUT2D eigenvalue weighted by Gasteiger charge is 2.28. The summed E-state index contributed by atoms with van der Waals surface area (Å²) >= 11 is 0. The molecule has 0 aromatic heterocycles. The molecular formula is C62H117O11P. The van der Waals surface area contributed by atoms with Gasteiger partial charge in [-0.25, -0.2) is 4.57 Å². The molecule has 0 amide bonds. The summed E-state index contributed by atoms with van der Waals surface area (Å²) in [6, 6.07) is 0. The zero-order valence-corrected chi connectivity index (χ0v) is 49.2. The van der Waals surface area contributed by atoms with Gasteiger partial charge in [-0.05, 0) is 51.4 Å². The van der Waals surface area contributed by atoms with Crippen LogP contribution in [0, 0.1) is 0 Å². The molecular weight excluding hydrogens is 952 g/mol. The van der Waals surface area contributed by atoms with E-state index in [0.29, 0.717) is 19.3 Å². The van der Waals surface area contributed by atoms with Crippen LogP contribution < -0.4 is 0 Å². The highest BCUT2D eigenvalue weighted by atomic mass is 31.2. The van der Waals surface area contributed by atoms with Gasteiger partial charge in [0, 0.05) is 19.3 Å². The SMILES string of the molecule is CCCCC/C=C\C/C=C\CCCCCCCCCCCC(=O)OC(COC(=O)CCCCCCCCCCCCCCCCCCC)COP(=O)(O)OCC(CO)OC(=O)CCCCCCCCCCCCC. The van der Waals surface area contributed by atoms with Crippen LogP contribution in [-0.2, 0) is 42.2 Å². The molecule has 0 spiro atoms. The first-order valence-corrected chi connectivity index (χ1v) is 32.7. The van der Waals surface area contributed by atoms with Gasteiger partial charge in [-0.1, -0.05) is 270 Å². The second-order valence-electron chi connectivity index (χ2n) is 21.2. The van der Waals surface area contributed by atoms with Crippen LogP contribution in [-0.4, -0.2) is 66.5 Å². The molecule has 0 aromatic rings. The van der Waals surface area contributed by atoms with Crippen LogP contribution in [0.4, 0.5) is 0 Å². The molecule has 2 N–H and O–H groups in total. The quantitative estimate of drug-likeness (QED) is 0.0197. The number of carbonyl (C=O) groups excluding carboxylic acids is 3. The Balaban J connectivity index is 4.66. The number of hydrogen-bond donors (Lipinski definition) is 2. The van der Waals surface area contributed by atoms with Crippen LogP contribution in [0.5, 0.6) is 0 Å². The fourth-order valence-electron chi connectivity index (χ4n) is 9.10. The molecule has 11 nitrogen and oxygen atoms in total. The lowest BCUT2D eigenvalue weighted by atomic mass is 10.0. The third kappa shape index (κ3) is 54.7. The van der Waals surface area contributed by atoms with Crippen LogP contribution in [0.15, 0.2) is 24.3 Å². The zero-order valence-electron chi connectivity index (χ0n) is 48.3. The summed E-state index contributed by atoms with van der Waals surface area (Å²) in [6.07, 6.45) is 58.4. The lowest BCUT2D eigenvalue weighted by Crippen LogP contribution is -2.30. The van der Waals surface area contributed by atoms with Crippen molar-refractivity contribution in [3.05, 3.63) is 24.3 Å². The van der Waals surface area contributed by atoms with Crippen molar-refractivity contribution in [2.45, 2.75) is 328 Å². The van der Waals surface area contributed by atoms with Gasteiger partial charge in [-0.15, -0.1) is 0 Å². The van der Waals surface area contributed by atoms with Gasteiger partial charge in [0.25, 0.3) is 0 Å². The van der Waals surface area contributed by atoms with Crippen LogP contribution in [0.1, 0.15) is 316 Å². The number of allylic oxidation sites excluding steroid dienone is 4. The lowest BCUT2D eigenvalue weighted by molar-refractivity contribution is -0.161. The Kier molecular flexibility index (Phi) is 55.6. The summed E-state index contributed by atoms with van der Waals surface area (Å²) in [5, 5.41) is 9.81. The van der Waals surface area contributed by atoms with E-state index in [-0.39, 0.29) is 25.9 Å². The first-order valence-electron chi connectivity index (χ1n) is 31.2. The summed E-state index contributed by atoms with van der Waals surface area (Å²) < 4.78 is 39.6. The molecule has 0 bridgehead atoms. The average molecular weight is 1070 g/mol. The normalized spacial score (nSPS) is 13.4. The molecule has 0 saturated carbocycles. The van der Waals surface area contributed by atoms with Crippen molar-refractivity contribution in [2.24, 2.45) is 0 Å². The molecule has 3 unspecified atom stereocenters. The Labute approximate surface area is 455 Å². The first-order chi connectivity index (χ1) is 36.2. The Morgan fingerprint density at radius 2 is 0.662 bits per heavy atom. The Bertz CT molecular complexity index is 1340. The summed E-state index contributed by atoms with van der Waals surface area (Å²) in [7, 11) is -4.74. The van der Waals surface area contributed by atoms with Gasteiger partial charge in [0.05, 0.1) is 19.8 Å². The van der Waals surface area contributed by atoms with Crippen molar-refractivity contribution < 1.29 is 52.2 Å². The Hall–Kier alpha value is -2.04. The lowest BCUT2D eigenvalue weighted by Gasteiger charge is -2.21. The summed E-state index contributed by atoms with van der Waals surface area (Å²) in [5.74, 6) is -1.44. The smallest absolute Gasteiger partial charge is 0.462 e. The van der Waals surface area contributed by atoms with E-state index in [9.17, 15) is 28.9 Å². The van der Waals surface area contributed by atoms with Gasteiger partial charge in [0.1, 0.15) is 12.7 Å². The fraction of sp³-hybridized carbons (Fsp3) is 0.887. The minimum Gasteiger partial charge on any atom is -0.462 e. The Morgan fingerprint density at radius 3 is 1.03 bits per heavy atom.